The number of hydrogen-bond acceptors (Lipinski definition) is 4. The Morgan fingerprint density at radius 2 is 1.95 bits per heavy atom. The van der Waals surface area contributed by atoms with Gasteiger partial charge >= 0.3 is 0 Å². The summed E-state index contributed by atoms with van der Waals surface area (Å²) < 4.78 is 11.0. The molecule has 0 atom stereocenters. The minimum absolute atomic E-state index is 0.0631. The fourth-order valence-electron chi connectivity index (χ4n) is 2.51. The minimum atomic E-state index is 0.0631. The van der Waals surface area contributed by atoms with Gasteiger partial charge in [-0.3, -0.25) is 4.79 Å². The predicted molar refractivity (Wildman–Crippen MR) is 71.5 cm³/mol. The largest absolute Gasteiger partial charge is 0.486 e. The lowest BCUT2D eigenvalue weighted by atomic mass is 9.80. The lowest BCUT2D eigenvalue weighted by Crippen LogP contribution is -2.45. The Hall–Kier alpha value is -1.75. The molecule has 0 radical (unpaired) electrons. The van der Waals surface area contributed by atoms with Gasteiger partial charge in [0.2, 0.25) is 5.91 Å². The van der Waals surface area contributed by atoms with Crippen LogP contribution in [0.1, 0.15) is 12.8 Å². The van der Waals surface area contributed by atoms with Gasteiger partial charge in [-0.05, 0) is 25.0 Å². The summed E-state index contributed by atoms with van der Waals surface area (Å²) in [5.41, 5.74) is 6.56. The van der Waals surface area contributed by atoms with Gasteiger partial charge in [0.15, 0.2) is 11.5 Å². The summed E-state index contributed by atoms with van der Waals surface area (Å²) in [6, 6.07) is 5.76. The summed E-state index contributed by atoms with van der Waals surface area (Å²) >= 11 is 0. The number of fused-ring (bicyclic) bond motifs is 1. The average Bonchev–Trinajstić information content (AvgIpc) is 2.42. The van der Waals surface area contributed by atoms with Crippen molar-refractivity contribution in [2.45, 2.75) is 18.9 Å². The molecule has 3 rings (SSSR count). The van der Waals surface area contributed by atoms with Gasteiger partial charge in [-0.15, -0.1) is 0 Å². The van der Waals surface area contributed by atoms with Crippen LogP contribution < -0.4 is 20.1 Å². The summed E-state index contributed by atoms with van der Waals surface area (Å²) in [4.78, 5) is 13.9. The first-order valence-electron chi connectivity index (χ1n) is 6.58. The summed E-state index contributed by atoms with van der Waals surface area (Å²) in [7, 11) is 1.79. The third kappa shape index (κ3) is 2.26. The van der Waals surface area contributed by atoms with E-state index < -0.39 is 0 Å². The second-order valence-corrected chi connectivity index (χ2v) is 5.15. The van der Waals surface area contributed by atoms with E-state index in [1.807, 2.05) is 18.2 Å². The van der Waals surface area contributed by atoms with E-state index in [1.165, 1.54) is 0 Å². The molecule has 0 saturated heterocycles. The van der Waals surface area contributed by atoms with Crippen LogP contribution in [0.3, 0.4) is 0 Å². The molecule has 5 heteroatoms. The third-order valence-corrected chi connectivity index (χ3v) is 3.77. The molecule has 0 unspecified atom stereocenters. The fraction of sp³-hybridized carbons (Fsp3) is 0.500. The standard InChI is InChI=1S/C14H18N2O3/c1-16(14(17)9-6-10(15)7-9)11-2-3-12-13(8-11)19-5-4-18-12/h2-3,8-10H,4-7,15H2,1H3. The van der Waals surface area contributed by atoms with E-state index in [-0.39, 0.29) is 17.9 Å². The number of anilines is 1. The molecule has 1 aromatic rings. The Labute approximate surface area is 112 Å². The molecule has 19 heavy (non-hydrogen) atoms. The van der Waals surface area contributed by atoms with Crippen LogP contribution in [-0.2, 0) is 4.79 Å². The number of nitrogens with zero attached hydrogens (tertiary/aromatic N) is 1. The molecular formula is C14H18N2O3. The molecule has 0 bridgehead atoms. The van der Waals surface area contributed by atoms with Crippen molar-refractivity contribution in [3.8, 4) is 11.5 Å². The van der Waals surface area contributed by atoms with E-state index in [1.54, 1.807) is 11.9 Å². The Kier molecular flexibility index (Phi) is 3.06. The molecule has 1 fully saturated rings. The summed E-state index contributed by atoms with van der Waals surface area (Å²) in [5, 5.41) is 0. The van der Waals surface area contributed by atoms with E-state index in [9.17, 15) is 4.79 Å². The molecule has 0 aromatic heterocycles. The van der Waals surface area contributed by atoms with Crippen molar-refractivity contribution in [1.29, 1.82) is 0 Å². The van der Waals surface area contributed by atoms with Crippen LogP contribution in [0.25, 0.3) is 0 Å². The first-order valence-corrected chi connectivity index (χ1v) is 6.58. The smallest absolute Gasteiger partial charge is 0.229 e. The SMILES string of the molecule is CN(C(=O)C1CC(N)C1)c1ccc2c(c1)OCCO2. The zero-order valence-electron chi connectivity index (χ0n) is 11.0. The van der Waals surface area contributed by atoms with Crippen molar-refractivity contribution < 1.29 is 14.3 Å². The highest BCUT2D eigenvalue weighted by Gasteiger charge is 2.34. The van der Waals surface area contributed by atoms with Crippen LogP contribution in [0.15, 0.2) is 18.2 Å². The second kappa shape index (κ2) is 4.74. The summed E-state index contributed by atoms with van der Waals surface area (Å²) in [6.45, 7) is 1.12. The minimum Gasteiger partial charge on any atom is -0.486 e. The number of amides is 1. The first-order chi connectivity index (χ1) is 9.15. The van der Waals surface area contributed by atoms with Gasteiger partial charge in [-0.25, -0.2) is 0 Å². The number of nitrogens with two attached hydrogens (primary N) is 1. The average molecular weight is 262 g/mol. The molecule has 1 amide bonds. The van der Waals surface area contributed by atoms with Crippen LogP contribution in [0, 0.1) is 5.92 Å². The summed E-state index contributed by atoms with van der Waals surface area (Å²) in [6.07, 6.45) is 1.57. The highest BCUT2D eigenvalue weighted by atomic mass is 16.6. The van der Waals surface area contributed by atoms with Crippen molar-refractivity contribution in [2.24, 2.45) is 11.7 Å². The highest BCUT2D eigenvalue weighted by molar-refractivity contribution is 5.95. The van der Waals surface area contributed by atoms with E-state index >= 15 is 0 Å². The molecule has 2 N–H and O–H groups in total. The molecule has 2 aliphatic rings. The zero-order valence-corrected chi connectivity index (χ0v) is 11.0. The molecule has 102 valence electrons. The highest BCUT2D eigenvalue weighted by Crippen LogP contribution is 2.35. The normalized spacial score (nSPS) is 24.5. The van der Waals surface area contributed by atoms with Crippen LogP contribution in [0.5, 0.6) is 11.5 Å². The molecule has 1 aliphatic carbocycles. The lowest BCUT2D eigenvalue weighted by Gasteiger charge is -2.34. The third-order valence-electron chi connectivity index (χ3n) is 3.77. The Morgan fingerprint density at radius 1 is 1.26 bits per heavy atom. The molecular weight excluding hydrogens is 244 g/mol. The number of hydrogen-bond donors (Lipinski definition) is 1. The number of carbonyl (C=O) groups excluding carboxylic acids is 1. The second-order valence-electron chi connectivity index (χ2n) is 5.15. The van der Waals surface area contributed by atoms with Gasteiger partial charge in [-0.2, -0.15) is 0 Å². The molecule has 5 nitrogen and oxygen atoms in total. The maximum Gasteiger partial charge on any atom is 0.229 e. The zero-order chi connectivity index (χ0) is 13.4. The van der Waals surface area contributed by atoms with Crippen molar-refractivity contribution >= 4 is 11.6 Å². The van der Waals surface area contributed by atoms with Crippen molar-refractivity contribution in [1.82, 2.24) is 0 Å². The number of rotatable bonds is 2. The van der Waals surface area contributed by atoms with Gasteiger partial charge in [0.05, 0.1) is 0 Å². The van der Waals surface area contributed by atoms with Gasteiger partial charge in [0, 0.05) is 30.8 Å². The Morgan fingerprint density at radius 3 is 2.63 bits per heavy atom. The van der Waals surface area contributed by atoms with Gasteiger partial charge in [0.1, 0.15) is 13.2 Å². The Bertz CT molecular complexity index is 497. The van der Waals surface area contributed by atoms with Crippen molar-refractivity contribution in [3.63, 3.8) is 0 Å². The van der Waals surface area contributed by atoms with Crippen LogP contribution in [0.4, 0.5) is 5.69 Å². The predicted octanol–water partition coefficient (Wildman–Crippen LogP) is 1.16. The molecule has 1 heterocycles. The molecule has 1 aromatic carbocycles. The van der Waals surface area contributed by atoms with Gasteiger partial charge in [-0.1, -0.05) is 0 Å². The number of ether oxygens (including phenoxy) is 2. The van der Waals surface area contributed by atoms with Crippen molar-refractivity contribution in [3.05, 3.63) is 18.2 Å². The maximum absolute atomic E-state index is 12.2. The van der Waals surface area contributed by atoms with Crippen LogP contribution >= 0.6 is 0 Å². The number of benzene rings is 1. The molecule has 1 saturated carbocycles. The number of carbonyl (C=O) groups is 1. The van der Waals surface area contributed by atoms with E-state index in [4.69, 9.17) is 15.2 Å². The van der Waals surface area contributed by atoms with Crippen LogP contribution in [0.2, 0.25) is 0 Å². The summed E-state index contributed by atoms with van der Waals surface area (Å²) in [5.74, 6) is 1.63. The quantitative estimate of drug-likeness (QED) is 0.868. The first kappa shape index (κ1) is 12.3. The van der Waals surface area contributed by atoms with E-state index in [0.29, 0.717) is 19.0 Å². The van der Waals surface area contributed by atoms with Crippen LogP contribution in [-0.4, -0.2) is 32.2 Å². The Balaban J connectivity index is 1.76. The van der Waals surface area contributed by atoms with Gasteiger partial charge < -0.3 is 20.1 Å². The topological polar surface area (TPSA) is 64.8 Å². The monoisotopic (exact) mass is 262 g/mol. The van der Waals surface area contributed by atoms with E-state index in [0.717, 1.165) is 24.3 Å². The van der Waals surface area contributed by atoms with E-state index in [2.05, 4.69) is 0 Å². The maximum atomic E-state index is 12.2. The molecule has 0 spiro atoms. The molecule has 1 aliphatic heterocycles. The fourth-order valence-corrected chi connectivity index (χ4v) is 2.51. The van der Waals surface area contributed by atoms with Gasteiger partial charge in [0.25, 0.3) is 0 Å². The lowest BCUT2D eigenvalue weighted by molar-refractivity contribution is -0.124. The van der Waals surface area contributed by atoms with Crippen molar-refractivity contribution in [2.75, 3.05) is 25.2 Å².